The second kappa shape index (κ2) is 4.89. The Kier molecular flexibility index (Phi) is 3.49. The molecule has 0 aliphatic heterocycles. The van der Waals surface area contributed by atoms with Crippen molar-refractivity contribution in [3.8, 4) is 6.07 Å². The first-order valence-electron chi connectivity index (χ1n) is 5.87. The van der Waals surface area contributed by atoms with Gasteiger partial charge in [-0.05, 0) is 30.7 Å². The molecule has 0 radical (unpaired) electrons. The molecule has 1 heterocycles. The zero-order valence-corrected chi connectivity index (χ0v) is 11.3. The van der Waals surface area contributed by atoms with Crippen molar-refractivity contribution in [2.24, 2.45) is 10.9 Å². The van der Waals surface area contributed by atoms with E-state index in [1.807, 2.05) is 19.0 Å². The Morgan fingerprint density at radius 2 is 2.29 bits per heavy atom. The molecule has 1 aliphatic carbocycles. The van der Waals surface area contributed by atoms with Crippen molar-refractivity contribution in [2.75, 3.05) is 14.1 Å². The summed E-state index contributed by atoms with van der Waals surface area (Å²) in [7, 11) is 3.87. The minimum absolute atomic E-state index is 0.735. The molecule has 17 heavy (non-hydrogen) atoms. The van der Waals surface area contributed by atoms with Gasteiger partial charge in [-0.2, -0.15) is 5.26 Å². The van der Waals surface area contributed by atoms with E-state index in [4.69, 9.17) is 0 Å². The van der Waals surface area contributed by atoms with Crippen LogP contribution < -0.4 is 0 Å². The molecule has 0 spiro atoms. The Labute approximate surface area is 106 Å². The fourth-order valence-corrected chi connectivity index (χ4v) is 3.41. The first kappa shape index (κ1) is 12.1. The monoisotopic (exact) mass is 247 g/mol. The van der Waals surface area contributed by atoms with Gasteiger partial charge in [0.2, 0.25) is 0 Å². The fraction of sp³-hybridized carbons (Fsp3) is 0.538. The highest BCUT2D eigenvalue weighted by molar-refractivity contribution is 7.16. The van der Waals surface area contributed by atoms with Gasteiger partial charge in [-0.1, -0.05) is 6.92 Å². The van der Waals surface area contributed by atoms with Crippen molar-refractivity contribution in [1.29, 1.82) is 5.26 Å². The highest BCUT2D eigenvalue weighted by atomic mass is 32.1. The van der Waals surface area contributed by atoms with Crippen molar-refractivity contribution in [3.05, 3.63) is 16.0 Å². The molecule has 0 saturated heterocycles. The lowest BCUT2D eigenvalue weighted by Gasteiger charge is -2.17. The molecule has 0 saturated carbocycles. The van der Waals surface area contributed by atoms with Gasteiger partial charge >= 0.3 is 0 Å². The van der Waals surface area contributed by atoms with Gasteiger partial charge in [0.15, 0.2) is 0 Å². The van der Waals surface area contributed by atoms with Crippen molar-refractivity contribution in [2.45, 2.75) is 26.2 Å². The van der Waals surface area contributed by atoms with Crippen LogP contribution in [-0.2, 0) is 12.8 Å². The quantitative estimate of drug-likeness (QED) is 0.595. The van der Waals surface area contributed by atoms with E-state index in [2.05, 4.69) is 18.0 Å². The van der Waals surface area contributed by atoms with Crippen LogP contribution in [0.3, 0.4) is 0 Å². The Bertz CT molecular complexity index is 480. The molecule has 0 unspecified atom stereocenters. The second-order valence-corrected chi connectivity index (χ2v) is 5.94. The summed E-state index contributed by atoms with van der Waals surface area (Å²) in [4.78, 5) is 7.66. The maximum absolute atomic E-state index is 9.26. The van der Waals surface area contributed by atoms with Gasteiger partial charge in [0.1, 0.15) is 11.1 Å². The second-order valence-electron chi connectivity index (χ2n) is 4.85. The van der Waals surface area contributed by atoms with Gasteiger partial charge in [-0.15, -0.1) is 11.3 Å². The molecular formula is C13H17N3S. The van der Waals surface area contributed by atoms with Gasteiger partial charge in [0, 0.05) is 19.0 Å². The number of hydrogen-bond donors (Lipinski definition) is 0. The van der Waals surface area contributed by atoms with Gasteiger partial charge in [0.25, 0.3) is 0 Å². The molecule has 3 nitrogen and oxygen atoms in total. The number of nitriles is 1. The maximum Gasteiger partial charge on any atom is 0.136 e. The van der Waals surface area contributed by atoms with E-state index in [0.29, 0.717) is 0 Å². The summed E-state index contributed by atoms with van der Waals surface area (Å²) in [5.74, 6) is 0.735. The van der Waals surface area contributed by atoms with Gasteiger partial charge in [-0.25, -0.2) is 4.99 Å². The lowest BCUT2D eigenvalue weighted by Crippen LogP contribution is -2.09. The lowest BCUT2D eigenvalue weighted by atomic mass is 9.89. The number of hydrogen-bond acceptors (Lipinski definition) is 3. The maximum atomic E-state index is 9.26. The molecule has 2 rings (SSSR count). The first-order valence-corrected chi connectivity index (χ1v) is 6.68. The van der Waals surface area contributed by atoms with E-state index in [1.54, 1.807) is 17.7 Å². The Balaban J connectivity index is 2.38. The summed E-state index contributed by atoms with van der Waals surface area (Å²) < 4.78 is 0. The van der Waals surface area contributed by atoms with Gasteiger partial charge in [0.05, 0.1) is 11.9 Å². The van der Waals surface area contributed by atoms with E-state index in [1.165, 1.54) is 16.9 Å². The molecule has 1 aromatic heterocycles. The number of nitrogens with zero attached hydrogens (tertiary/aromatic N) is 3. The Hall–Kier alpha value is -1.34. The zero-order valence-electron chi connectivity index (χ0n) is 10.5. The minimum Gasteiger partial charge on any atom is -0.369 e. The molecule has 0 aromatic carbocycles. The number of aliphatic imine (C=N–C) groups is 1. The smallest absolute Gasteiger partial charge is 0.136 e. The Morgan fingerprint density at radius 1 is 1.53 bits per heavy atom. The van der Waals surface area contributed by atoms with Crippen LogP contribution in [0.25, 0.3) is 0 Å². The molecule has 0 N–H and O–H groups in total. The first-order chi connectivity index (χ1) is 8.11. The molecule has 90 valence electrons. The van der Waals surface area contributed by atoms with E-state index in [-0.39, 0.29) is 0 Å². The van der Waals surface area contributed by atoms with Crippen molar-refractivity contribution in [1.82, 2.24) is 4.90 Å². The molecule has 0 bridgehead atoms. The van der Waals surface area contributed by atoms with Crippen LogP contribution in [0.4, 0.5) is 5.00 Å². The number of rotatable bonds is 2. The molecule has 1 atom stereocenters. The van der Waals surface area contributed by atoms with Crippen LogP contribution in [0.15, 0.2) is 4.99 Å². The highest BCUT2D eigenvalue weighted by Crippen LogP contribution is 2.40. The third-order valence-corrected chi connectivity index (χ3v) is 4.17. The van der Waals surface area contributed by atoms with Crippen LogP contribution in [-0.4, -0.2) is 25.3 Å². The van der Waals surface area contributed by atoms with E-state index >= 15 is 0 Å². The van der Waals surface area contributed by atoms with Crippen molar-refractivity contribution in [3.63, 3.8) is 0 Å². The normalized spacial score (nSPS) is 19.1. The van der Waals surface area contributed by atoms with Crippen LogP contribution >= 0.6 is 11.3 Å². The summed E-state index contributed by atoms with van der Waals surface area (Å²) >= 11 is 1.69. The van der Waals surface area contributed by atoms with Gasteiger partial charge < -0.3 is 4.90 Å². The SMILES string of the molecule is C[C@H]1CCc2c(sc(N=CN(C)C)c2C#N)C1. The predicted molar refractivity (Wildman–Crippen MR) is 72.1 cm³/mol. The van der Waals surface area contributed by atoms with Crippen LogP contribution in [0.2, 0.25) is 0 Å². The summed E-state index contributed by atoms with van der Waals surface area (Å²) in [5.41, 5.74) is 2.05. The van der Waals surface area contributed by atoms with Crippen LogP contribution in [0.1, 0.15) is 29.3 Å². The molecular weight excluding hydrogens is 230 g/mol. The van der Waals surface area contributed by atoms with Crippen LogP contribution in [0, 0.1) is 17.2 Å². The molecule has 4 heteroatoms. The largest absolute Gasteiger partial charge is 0.369 e. The van der Waals surface area contributed by atoms with E-state index < -0.39 is 0 Å². The molecule has 0 amide bonds. The zero-order chi connectivity index (χ0) is 12.4. The highest BCUT2D eigenvalue weighted by Gasteiger charge is 2.23. The van der Waals surface area contributed by atoms with Crippen molar-refractivity contribution >= 4 is 22.7 Å². The summed E-state index contributed by atoms with van der Waals surface area (Å²) in [5, 5.41) is 10.1. The predicted octanol–water partition coefficient (Wildman–Crippen LogP) is 2.97. The fourth-order valence-electron chi connectivity index (χ4n) is 2.11. The average Bonchev–Trinajstić information content (AvgIpc) is 2.62. The summed E-state index contributed by atoms with van der Waals surface area (Å²) in [6.07, 6.45) is 5.09. The molecule has 1 aliphatic rings. The number of fused-ring (bicyclic) bond motifs is 1. The van der Waals surface area contributed by atoms with E-state index in [0.717, 1.165) is 29.3 Å². The van der Waals surface area contributed by atoms with Crippen molar-refractivity contribution < 1.29 is 0 Å². The summed E-state index contributed by atoms with van der Waals surface area (Å²) in [6.45, 7) is 2.28. The minimum atomic E-state index is 0.735. The molecule has 0 fully saturated rings. The lowest BCUT2D eigenvalue weighted by molar-refractivity contribution is 0.507. The average molecular weight is 247 g/mol. The van der Waals surface area contributed by atoms with Crippen LogP contribution in [0.5, 0.6) is 0 Å². The van der Waals surface area contributed by atoms with Gasteiger partial charge in [-0.3, -0.25) is 0 Å². The molecule has 1 aromatic rings. The van der Waals surface area contributed by atoms with E-state index in [9.17, 15) is 5.26 Å². The standard InChI is InChI=1S/C13H17N3S/c1-9-4-5-10-11(7-14)13(15-8-16(2)3)17-12(10)6-9/h8-9H,4-6H2,1-3H3/t9-/m0/s1. The summed E-state index contributed by atoms with van der Waals surface area (Å²) in [6, 6.07) is 2.32. The third-order valence-electron chi connectivity index (χ3n) is 3.01. The number of thiophene rings is 1. The topological polar surface area (TPSA) is 39.4 Å². The Morgan fingerprint density at radius 3 is 2.94 bits per heavy atom. The third kappa shape index (κ3) is 2.50.